The van der Waals surface area contributed by atoms with Crippen LogP contribution in [-0.2, 0) is 6.42 Å². The van der Waals surface area contributed by atoms with Crippen LogP contribution < -0.4 is 5.32 Å². The largest absolute Gasteiger partial charge is 0.298 e. The maximum absolute atomic E-state index is 12.3. The monoisotopic (exact) mass is 454 g/mol. The molecular formula is C17H12ClIN2OS. The number of carbonyl (C=O) groups is 1. The third-order valence-electron chi connectivity index (χ3n) is 3.16. The van der Waals surface area contributed by atoms with Crippen molar-refractivity contribution in [3.05, 3.63) is 79.3 Å². The lowest BCUT2D eigenvalue weighted by Crippen LogP contribution is -2.12. The average Bonchev–Trinajstić information content (AvgIpc) is 2.94. The second kappa shape index (κ2) is 7.42. The Morgan fingerprint density at radius 2 is 2.04 bits per heavy atom. The van der Waals surface area contributed by atoms with Crippen molar-refractivity contribution in [3.63, 3.8) is 0 Å². The number of aromatic nitrogens is 1. The molecule has 0 aliphatic carbocycles. The molecule has 0 bridgehead atoms. The van der Waals surface area contributed by atoms with Crippen LogP contribution in [0.15, 0.2) is 54.7 Å². The molecule has 0 saturated carbocycles. The molecule has 1 N–H and O–H groups in total. The zero-order valence-corrected chi connectivity index (χ0v) is 15.7. The van der Waals surface area contributed by atoms with E-state index in [0.29, 0.717) is 10.7 Å². The van der Waals surface area contributed by atoms with E-state index in [9.17, 15) is 4.79 Å². The molecule has 3 rings (SSSR count). The van der Waals surface area contributed by atoms with Crippen LogP contribution in [-0.4, -0.2) is 10.9 Å². The van der Waals surface area contributed by atoms with E-state index >= 15 is 0 Å². The Morgan fingerprint density at radius 1 is 1.22 bits per heavy atom. The van der Waals surface area contributed by atoms with Crippen LogP contribution in [0, 0.1) is 3.57 Å². The van der Waals surface area contributed by atoms with Crippen LogP contribution >= 0.6 is 45.5 Å². The standard InChI is InChI=1S/C17H12ClIN2OS/c18-12-5-3-4-11(8-12)9-13-10-20-17(23-13)21-16(22)14-6-1-2-7-15(14)19/h1-8,10H,9H2,(H,20,21,22). The third kappa shape index (κ3) is 4.31. The Bertz CT molecular complexity index is 850. The molecule has 0 unspecified atom stereocenters. The molecule has 0 aliphatic heterocycles. The number of amides is 1. The summed E-state index contributed by atoms with van der Waals surface area (Å²) in [6.45, 7) is 0. The van der Waals surface area contributed by atoms with Crippen molar-refractivity contribution in [3.8, 4) is 0 Å². The molecule has 3 nitrogen and oxygen atoms in total. The van der Waals surface area contributed by atoms with Gasteiger partial charge in [-0.25, -0.2) is 4.98 Å². The van der Waals surface area contributed by atoms with E-state index in [1.807, 2.05) is 42.5 Å². The fourth-order valence-corrected chi connectivity index (χ4v) is 3.79. The van der Waals surface area contributed by atoms with Gasteiger partial charge in [-0.05, 0) is 52.4 Å². The van der Waals surface area contributed by atoms with E-state index in [4.69, 9.17) is 11.6 Å². The second-order valence-corrected chi connectivity index (χ2v) is 7.59. The zero-order valence-electron chi connectivity index (χ0n) is 11.9. The first-order valence-electron chi connectivity index (χ1n) is 6.87. The first-order valence-corrected chi connectivity index (χ1v) is 9.14. The Labute approximate surface area is 156 Å². The zero-order chi connectivity index (χ0) is 16.2. The summed E-state index contributed by atoms with van der Waals surface area (Å²) < 4.78 is 0.915. The molecule has 0 radical (unpaired) electrons. The molecule has 2 aromatic carbocycles. The summed E-state index contributed by atoms with van der Waals surface area (Å²) in [6, 6.07) is 15.2. The number of nitrogens with zero attached hydrogens (tertiary/aromatic N) is 1. The van der Waals surface area contributed by atoms with Gasteiger partial charge in [0, 0.05) is 26.1 Å². The SMILES string of the molecule is O=C(Nc1ncc(Cc2cccc(Cl)c2)s1)c1ccccc1I. The van der Waals surface area contributed by atoms with Gasteiger partial charge in [-0.2, -0.15) is 0 Å². The molecule has 0 atom stereocenters. The van der Waals surface area contributed by atoms with Crippen molar-refractivity contribution in [2.24, 2.45) is 0 Å². The third-order valence-corrected chi connectivity index (χ3v) is 5.25. The molecule has 1 amide bonds. The van der Waals surface area contributed by atoms with E-state index < -0.39 is 0 Å². The summed E-state index contributed by atoms with van der Waals surface area (Å²) in [7, 11) is 0. The summed E-state index contributed by atoms with van der Waals surface area (Å²) in [5.74, 6) is -0.140. The van der Waals surface area contributed by atoms with Gasteiger partial charge in [0.1, 0.15) is 0 Å². The van der Waals surface area contributed by atoms with E-state index in [-0.39, 0.29) is 5.91 Å². The molecule has 0 saturated heterocycles. The summed E-state index contributed by atoms with van der Waals surface area (Å²) in [4.78, 5) is 17.6. The number of benzene rings is 2. The molecule has 0 fully saturated rings. The Kier molecular flexibility index (Phi) is 5.30. The molecule has 3 aromatic rings. The molecule has 0 spiro atoms. The summed E-state index contributed by atoms with van der Waals surface area (Å²) in [6.07, 6.45) is 2.54. The number of nitrogens with one attached hydrogen (secondary N) is 1. The lowest BCUT2D eigenvalue weighted by molar-refractivity contribution is 0.102. The maximum Gasteiger partial charge on any atom is 0.258 e. The first kappa shape index (κ1) is 16.4. The van der Waals surface area contributed by atoms with Crippen molar-refractivity contribution in [2.75, 3.05) is 5.32 Å². The van der Waals surface area contributed by atoms with Crippen LogP contribution in [0.1, 0.15) is 20.8 Å². The Balaban J connectivity index is 1.70. The topological polar surface area (TPSA) is 42.0 Å². The number of hydrogen-bond donors (Lipinski definition) is 1. The van der Waals surface area contributed by atoms with Gasteiger partial charge in [0.05, 0.1) is 5.56 Å². The minimum absolute atomic E-state index is 0.140. The fourth-order valence-electron chi connectivity index (χ4n) is 2.10. The van der Waals surface area contributed by atoms with Gasteiger partial charge < -0.3 is 0 Å². The van der Waals surface area contributed by atoms with Crippen molar-refractivity contribution in [1.82, 2.24) is 4.98 Å². The van der Waals surface area contributed by atoms with Crippen LogP contribution in [0.5, 0.6) is 0 Å². The van der Waals surface area contributed by atoms with Gasteiger partial charge in [0.25, 0.3) is 5.91 Å². The van der Waals surface area contributed by atoms with Gasteiger partial charge in [-0.1, -0.05) is 35.9 Å². The van der Waals surface area contributed by atoms with E-state index in [1.165, 1.54) is 11.3 Å². The number of thiazole rings is 1. The summed E-state index contributed by atoms with van der Waals surface area (Å²) >= 11 is 9.62. The normalized spacial score (nSPS) is 10.5. The van der Waals surface area contributed by atoms with E-state index in [0.717, 1.165) is 25.5 Å². The van der Waals surface area contributed by atoms with E-state index in [1.54, 1.807) is 12.3 Å². The van der Waals surface area contributed by atoms with Gasteiger partial charge in [0.2, 0.25) is 0 Å². The average molecular weight is 455 g/mol. The molecule has 23 heavy (non-hydrogen) atoms. The van der Waals surface area contributed by atoms with Crippen molar-refractivity contribution in [1.29, 1.82) is 0 Å². The predicted octanol–water partition coefficient (Wildman–Crippen LogP) is 5.24. The summed E-state index contributed by atoms with van der Waals surface area (Å²) in [5.41, 5.74) is 1.77. The van der Waals surface area contributed by atoms with Gasteiger partial charge in [0.15, 0.2) is 5.13 Å². The van der Waals surface area contributed by atoms with Crippen molar-refractivity contribution in [2.45, 2.75) is 6.42 Å². The highest BCUT2D eigenvalue weighted by atomic mass is 127. The van der Waals surface area contributed by atoms with Crippen LogP contribution in [0.25, 0.3) is 0 Å². The van der Waals surface area contributed by atoms with Crippen molar-refractivity contribution < 1.29 is 4.79 Å². The highest BCUT2D eigenvalue weighted by molar-refractivity contribution is 14.1. The predicted molar refractivity (Wildman–Crippen MR) is 103 cm³/mol. The highest BCUT2D eigenvalue weighted by Gasteiger charge is 2.12. The van der Waals surface area contributed by atoms with Gasteiger partial charge in [-0.3, -0.25) is 10.1 Å². The van der Waals surface area contributed by atoms with Crippen LogP contribution in [0.4, 0.5) is 5.13 Å². The molecular weight excluding hydrogens is 443 g/mol. The summed E-state index contributed by atoms with van der Waals surface area (Å²) in [5, 5.41) is 4.18. The van der Waals surface area contributed by atoms with Crippen LogP contribution in [0.3, 0.4) is 0 Å². The van der Waals surface area contributed by atoms with Gasteiger partial charge in [-0.15, -0.1) is 11.3 Å². The lowest BCUT2D eigenvalue weighted by atomic mass is 10.1. The minimum Gasteiger partial charge on any atom is -0.298 e. The minimum atomic E-state index is -0.140. The maximum atomic E-state index is 12.3. The number of halogens is 2. The number of anilines is 1. The number of rotatable bonds is 4. The number of hydrogen-bond acceptors (Lipinski definition) is 3. The highest BCUT2D eigenvalue weighted by Crippen LogP contribution is 2.23. The lowest BCUT2D eigenvalue weighted by Gasteiger charge is -2.03. The first-order chi connectivity index (χ1) is 11.1. The Hall–Kier alpha value is -1.44. The molecule has 6 heteroatoms. The Morgan fingerprint density at radius 3 is 2.83 bits per heavy atom. The second-order valence-electron chi connectivity index (χ2n) is 4.87. The smallest absolute Gasteiger partial charge is 0.258 e. The molecule has 1 heterocycles. The quantitative estimate of drug-likeness (QED) is 0.548. The van der Waals surface area contributed by atoms with Crippen LogP contribution in [0.2, 0.25) is 5.02 Å². The fraction of sp³-hybridized carbons (Fsp3) is 0.0588. The molecule has 1 aromatic heterocycles. The van der Waals surface area contributed by atoms with E-state index in [2.05, 4.69) is 32.9 Å². The van der Waals surface area contributed by atoms with Gasteiger partial charge >= 0.3 is 0 Å². The van der Waals surface area contributed by atoms with Crippen molar-refractivity contribution >= 4 is 56.6 Å². The molecule has 116 valence electrons. The number of carbonyl (C=O) groups excluding carboxylic acids is 1. The molecule has 0 aliphatic rings.